The molecule has 1 fully saturated rings. The van der Waals surface area contributed by atoms with E-state index in [4.69, 9.17) is 5.73 Å². The fraction of sp³-hybridized carbons (Fsp3) is 0.667. The third-order valence-corrected chi connectivity index (χ3v) is 5.24. The van der Waals surface area contributed by atoms with Gasteiger partial charge in [0.2, 0.25) is 0 Å². The van der Waals surface area contributed by atoms with Crippen LogP contribution in [0.5, 0.6) is 0 Å². The Balaban J connectivity index is 1.84. The summed E-state index contributed by atoms with van der Waals surface area (Å²) in [7, 11) is 0. The SMILES string of the molecule is CCC1(CC)CCN(CCC(N)c2cccc(C)c2)C1. The van der Waals surface area contributed by atoms with Gasteiger partial charge in [-0.1, -0.05) is 43.7 Å². The maximum Gasteiger partial charge on any atom is 0.0307 e. The van der Waals surface area contributed by atoms with Gasteiger partial charge >= 0.3 is 0 Å². The van der Waals surface area contributed by atoms with Crippen LogP contribution in [0, 0.1) is 12.3 Å². The first-order chi connectivity index (χ1) is 9.58. The number of nitrogens with two attached hydrogens (primary N) is 1. The van der Waals surface area contributed by atoms with E-state index in [-0.39, 0.29) is 6.04 Å². The molecule has 2 heteroatoms. The predicted octanol–water partition coefficient (Wildman–Crippen LogP) is 3.90. The summed E-state index contributed by atoms with van der Waals surface area (Å²) >= 11 is 0. The van der Waals surface area contributed by atoms with E-state index in [0.29, 0.717) is 5.41 Å². The third-order valence-electron chi connectivity index (χ3n) is 5.24. The lowest BCUT2D eigenvalue weighted by Gasteiger charge is -2.27. The maximum atomic E-state index is 6.35. The number of hydrogen-bond donors (Lipinski definition) is 1. The molecule has 0 bridgehead atoms. The molecule has 1 saturated heterocycles. The van der Waals surface area contributed by atoms with Gasteiger partial charge in [-0.3, -0.25) is 0 Å². The predicted molar refractivity (Wildman–Crippen MR) is 86.8 cm³/mol. The summed E-state index contributed by atoms with van der Waals surface area (Å²) in [5.74, 6) is 0. The van der Waals surface area contributed by atoms with Gasteiger partial charge in [-0.2, -0.15) is 0 Å². The second-order valence-electron chi connectivity index (χ2n) is 6.54. The normalized spacial score (nSPS) is 20.2. The van der Waals surface area contributed by atoms with Crippen LogP contribution >= 0.6 is 0 Å². The monoisotopic (exact) mass is 274 g/mol. The Bertz CT molecular complexity index is 423. The molecule has 1 aliphatic rings. The average Bonchev–Trinajstić information content (AvgIpc) is 2.89. The van der Waals surface area contributed by atoms with Crippen LogP contribution in [-0.4, -0.2) is 24.5 Å². The average molecular weight is 274 g/mol. The highest BCUT2D eigenvalue weighted by Crippen LogP contribution is 2.37. The van der Waals surface area contributed by atoms with Gasteiger partial charge in [-0.25, -0.2) is 0 Å². The zero-order valence-corrected chi connectivity index (χ0v) is 13.4. The number of rotatable bonds is 6. The van der Waals surface area contributed by atoms with E-state index < -0.39 is 0 Å². The first-order valence-corrected chi connectivity index (χ1v) is 8.13. The van der Waals surface area contributed by atoms with Crippen LogP contribution < -0.4 is 5.73 Å². The fourth-order valence-electron chi connectivity index (χ4n) is 3.43. The van der Waals surface area contributed by atoms with Crippen molar-refractivity contribution < 1.29 is 0 Å². The fourth-order valence-corrected chi connectivity index (χ4v) is 3.43. The minimum atomic E-state index is 0.174. The first kappa shape index (κ1) is 15.5. The molecule has 0 spiro atoms. The molecule has 20 heavy (non-hydrogen) atoms. The van der Waals surface area contributed by atoms with Crippen LogP contribution in [0.3, 0.4) is 0 Å². The Labute approximate surface area is 124 Å². The van der Waals surface area contributed by atoms with Crippen molar-refractivity contribution in [2.75, 3.05) is 19.6 Å². The maximum absolute atomic E-state index is 6.35. The molecule has 1 heterocycles. The quantitative estimate of drug-likeness (QED) is 0.852. The molecular formula is C18H30N2. The summed E-state index contributed by atoms with van der Waals surface area (Å²) in [4.78, 5) is 2.61. The molecule has 112 valence electrons. The number of nitrogens with zero attached hydrogens (tertiary/aromatic N) is 1. The van der Waals surface area contributed by atoms with Gasteiger partial charge in [0.1, 0.15) is 0 Å². The van der Waals surface area contributed by atoms with Crippen molar-refractivity contribution in [1.82, 2.24) is 4.90 Å². The molecule has 2 nitrogen and oxygen atoms in total. The van der Waals surface area contributed by atoms with Gasteiger partial charge in [0.15, 0.2) is 0 Å². The van der Waals surface area contributed by atoms with Crippen molar-refractivity contribution in [3.63, 3.8) is 0 Å². The Morgan fingerprint density at radius 2 is 2.05 bits per heavy atom. The highest BCUT2D eigenvalue weighted by molar-refractivity contribution is 5.24. The Morgan fingerprint density at radius 1 is 1.30 bits per heavy atom. The second kappa shape index (κ2) is 6.73. The molecular weight excluding hydrogens is 244 g/mol. The lowest BCUT2D eigenvalue weighted by Crippen LogP contribution is -2.29. The van der Waals surface area contributed by atoms with Crippen LogP contribution in [0.4, 0.5) is 0 Å². The number of aryl methyl sites for hydroxylation is 1. The van der Waals surface area contributed by atoms with E-state index in [1.54, 1.807) is 0 Å². The van der Waals surface area contributed by atoms with E-state index in [2.05, 4.69) is 49.9 Å². The molecule has 0 aromatic heterocycles. The smallest absolute Gasteiger partial charge is 0.0307 e. The lowest BCUT2D eigenvalue weighted by molar-refractivity contribution is 0.236. The van der Waals surface area contributed by atoms with E-state index in [9.17, 15) is 0 Å². The van der Waals surface area contributed by atoms with E-state index in [1.807, 2.05) is 0 Å². The standard InChI is InChI=1S/C18H30N2/c1-4-18(5-2)10-12-20(14-18)11-9-17(19)16-8-6-7-15(3)13-16/h6-8,13,17H,4-5,9-12,14,19H2,1-3H3. The van der Waals surface area contributed by atoms with Crippen LogP contribution in [0.25, 0.3) is 0 Å². The molecule has 1 atom stereocenters. The summed E-state index contributed by atoms with van der Waals surface area (Å²) in [6.45, 7) is 10.5. The molecule has 1 aliphatic heterocycles. The van der Waals surface area contributed by atoms with Gasteiger partial charge in [-0.15, -0.1) is 0 Å². The molecule has 1 aromatic rings. The van der Waals surface area contributed by atoms with Gasteiger partial charge < -0.3 is 10.6 Å². The number of hydrogen-bond acceptors (Lipinski definition) is 2. The van der Waals surface area contributed by atoms with Crippen LogP contribution in [0.1, 0.15) is 56.7 Å². The first-order valence-electron chi connectivity index (χ1n) is 8.13. The van der Waals surface area contributed by atoms with E-state index >= 15 is 0 Å². The van der Waals surface area contributed by atoms with Crippen molar-refractivity contribution in [2.24, 2.45) is 11.1 Å². The zero-order chi connectivity index (χ0) is 14.6. The van der Waals surface area contributed by atoms with Crippen LogP contribution in [0.2, 0.25) is 0 Å². The van der Waals surface area contributed by atoms with Gasteiger partial charge in [0, 0.05) is 12.6 Å². The van der Waals surface area contributed by atoms with Crippen molar-refractivity contribution in [3.05, 3.63) is 35.4 Å². The largest absolute Gasteiger partial charge is 0.324 e. The molecule has 2 rings (SSSR count). The Kier molecular flexibility index (Phi) is 5.22. The number of benzene rings is 1. The molecule has 0 aliphatic carbocycles. The van der Waals surface area contributed by atoms with Crippen LogP contribution in [0.15, 0.2) is 24.3 Å². The van der Waals surface area contributed by atoms with Crippen LogP contribution in [-0.2, 0) is 0 Å². The Morgan fingerprint density at radius 3 is 2.65 bits per heavy atom. The highest BCUT2D eigenvalue weighted by Gasteiger charge is 2.34. The minimum Gasteiger partial charge on any atom is -0.324 e. The highest BCUT2D eigenvalue weighted by atomic mass is 15.2. The summed E-state index contributed by atoms with van der Waals surface area (Å²) in [6, 6.07) is 8.79. The summed E-state index contributed by atoms with van der Waals surface area (Å²) in [5, 5.41) is 0. The van der Waals surface area contributed by atoms with Crippen molar-refractivity contribution in [3.8, 4) is 0 Å². The van der Waals surface area contributed by atoms with Gasteiger partial charge in [0.05, 0.1) is 0 Å². The van der Waals surface area contributed by atoms with Crippen molar-refractivity contribution in [2.45, 2.75) is 52.5 Å². The lowest BCUT2D eigenvalue weighted by atomic mass is 9.82. The molecule has 0 radical (unpaired) electrons. The Hall–Kier alpha value is -0.860. The molecule has 0 amide bonds. The van der Waals surface area contributed by atoms with E-state index in [0.717, 1.165) is 13.0 Å². The molecule has 0 saturated carbocycles. The third kappa shape index (κ3) is 3.62. The van der Waals surface area contributed by atoms with E-state index in [1.165, 1.54) is 43.5 Å². The summed E-state index contributed by atoms with van der Waals surface area (Å²) < 4.78 is 0. The topological polar surface area (TPSA) is 29.3 Å². The molecule has 2 N–H and O–H groups in total. The van der Waals surface area contributed by atoms with Crippen molar-refractivity contribution in [1.29, 1.82) is 0 Å². The van der Waals surface area contributed by atoms with Gasteiger partial charge in [-0.05, 0) is 56.7 Å². The summed E-state index contributed by atoms with van der Waals surface area (Å²) in [6.07, 6.45) is 5.04. The zero-order valence-electron chi connectivity index (χ0n) is 13.4. The minimum absolute atomic E-state index is 0.174. The van der Waals surface area contributed by atoms with Gasteiger partial charge in [0.25, 0.3) is 0 Å². The molecule has 1 aromatic carbocycles. The van der Waals surface area contributed by atoms with Crippen molar-refractivity contribution >= 4 is 0 Å². The molecule has 1 unspecified atom stereocenters. The number of likely N-dealkylation sites (tertiary alicyclic amines) is 1. The summed E-state index contributed by atoms with van der Waals surface area (Å²) in [5.41, 5.74) is 9.50. The second-order valence-corrected chi connectivity index (χ2v) is 6.54.